The molecule has 0 spiro atoms. The van der Waals surface area contributed by atoms with E-state index in [9.17, 15) is 9.50 Å². The number of pyridine rings is 1. The van der Waals surface area contributed by atoms with Crippen LogP contribution < -0.4 is 0 Å². The summed E-state index contributed by atoms with van der Waals surface area (Å²) in [5.41, 5.74) is 0.838. The Morgan fingerprint density at radius 2 is 2.47 bits per heavy atom. The van der Waals surface area contributed by atoms with Crippen LogP contribution in [0.25, 0.3) is 0 Å². The molecule has 82 valence electrons. The zero-order chi connectivity index (χ0) is 10.8. The predicted molar refractivity (Wildman–Crippen MR) is 57.8 cm³/mol. The number of aromatic nitrogens is 1. The summed E-state index contributed by atoms with van der Waals surface area (Å²) in [6, 6.07) is 1.47. The fourth-order valence-electron chi connectivity index (χ4n) is 1.76. The van der Waals surface area contributed by atoms with Crippen LogP contribution in [0.1, 0.15) is 12.0 Å². The monoisotopic (exact) mass is 274 g/mol. The first-order valence-electron chi connectivity index (χ1n) is 4.85. The minimum atomic E-state index is -0.341. The average molecular weight is 275 g/mol. The highest BCUT2D eigenvalue weighted by atomic mass is 79.9. The third-order valence-corrected chi connectivity index (χ3v) is 3.09. The van der Waals surface area contributed by atoms with Gasteiger partial charge in [0.05, 0.1) is 6.10 Å². The van der Waals surface area contributed by atoms with E-state index in [1.54, 1.807) is 6.20 Å². The van der Waals surface area contributed by atoms with Crippen molar-refractivity contribution >= 4 is 15.9 Å². The molecule has 0 bridgehead atoms. The molecule has 2 heterocycles. The topological polar surface area (TPSA) is 36.4 Å². The van der Waals surface area contributed by atoms with E-state index in [1.165, 1.54) is 6.07 Å². The Morgan fingerprint density at radius 1 is 1.67 bits per heavy atom. The predicted octanol–water partition coefficient (Wildman–Crippen LogP) is 1.55. The van der Waals surface area contributed by atoms with E-state index < -0.39 is 0 Å². The van der Waals surface area contributed by atoms with Gasteiger partial charge in [0.25, 0.3) is 0 Å². The molecule has 0 saturated carbocycles. The van der Waals surface area contributed by atoms with Gasteiger partial charge in [0.15, 0.2) is 5.82 Å². The van der Waals surface area contributed by atoms with E-state index in [0.717, 1.165) is 18.5 Å². The first kappa shape index (κ1) is 11.0. The van der Waals surface area contributed by atoms with Gasteiger partial charge in [-0.1, -0.05) is 0 Å². The van der Waals surface area contributed by atoms with Crippen molar-refractivity contribution in [2.24, 2.45) is 0 Å². The highest BCUT2D eigenvalue weighted by molar-refractivity contribution is 9.10. The molecule has 0 aromatic carbocycles. The molecule has 0 aliphatic carbocycles. The SMILES string of the molecule is O[C@@H]1CCN(Cc2cnc(Br)c(F)c2)C1. The maximum atomic E-state index is 13.2. The third kappa shape index (κ3) is 2.74. The molecule has 1 aromatic heterocycles. The number of aliphatic hydroxyl groups excluding tert-OH is 1. The first-order chi connectivity index (χ1) is 7.15. The molecule has 5 heteroatoms. The van der Waals surface area contributed by atoms with Crippen molar-refractivity contribution in [3.63, 3.8) is 0 Å². The maximum absolute atomic E-state index is 13.2. The van der Waals surface area contributed by atoms with Crippen molar-refractivity contribution in [2.75, 3.05) is 13.1 Å². The number of hydrogen-bond donors (Lipinski definition) is 1. The first-order valence-corrected chi connectivity index (χ1v) is 5.65. The van der Waals surface area contributed by atoms with Crippen LogP contribution in [0, 0.1) is 5.82 Å². The highest BCUT2D eigenvalue weighted by Gasteiger charge is 2.20. The summed E-state index contributed by atoms with van der Waals surface area (Å²) in [6.45, 7) is 2.17. The molecule has 1 atom stereocenters. The summed E-state index contributed by atoms with van der Waals surface area (Å²) in [5, 5.41) is 9.34. The molecule has 1 aliphatic heterocycles. The van der Waals surface area contributed by atoms with Crippen LogP contribution in [-0.2, 0) is 6.54 Å². The number of aliphatic hydroxyl groups is 1. The van der Waals surface area contributed by atoms with Gasteiger partial charge in [0, 0.05) is 25.8 Å². The van der Waals surface area contributed by atoms with Crippen molar-refractivity contribution in [1.82, 2.24) is 9.88 Å². The second-order valence-electron chi connectivity index (χ2n) is 3.79. The van der Waals surface area contributed by atoms with E-state index >= 15 is 0 Å². The van der Waals surface area contributed by atoms with Crippen molar-refractivity contribution < 1.29 is 9.50 Å². The van der Waals surface area contributed by atoms with Crippen LogP contribution in [0.2, 0.25) is 0 Å². The van der Waals surface area contributed by atoms with E-state index in [0.29, 0.717) is 13.1 Å². The summed E-state index contributed by atoms with van der Waals surface area (Å²) < 4.78 is 13.4. The van der Waals surface area contributed by atoms with Gasteiger partial charge in [-0.3, -0.25) is 4.90 Å². The van der Waals surface area contributed by atoms with Crippen LogP contribution >= 0.6 is 15.9 Å². The van der Waals surface area contributed by atoms with Crippen molar-refractivity contribution in [1.29, 1.82) is 0 Å². The number of halogens is 2. The zero-order valence-electron chi connectivity index (χ0n) is 8.16. The Bertz CT molecular complexity index is 361. The van der Waals surface area contributed by atoms with Gasteiger partial charge in [-0.15, -0.1) is 0 Å². The lowest BCUT2D eigenvalue weighted by Crippen LogP contribution is -2.21. The Morgan fingerprint density at radius 3 is 3.07 bits per heavy atom. The Balaban J connectivity index is 2.02. The van der Waals surface area contributed by atoms with Crippen molar-refractivity contribution in [2.45, 2.75) is 19.1 Å². The van der Waals surface area contributed by atoms with Crippen LogP contribution in [0.15, 0.2) is 16.9 Å². The van der Waals surface area contributed by atoms with Gasteiger partial charge in [0.2, 0.25) is 0 Å². The smallest absolute Gasteiger partial charge is 0.156 e. The minimum absolute atomic E-state index is 0.238. The summed E-state index contributed by atoms with van der Waals surface area (Å²) in [6.07, 6.45) is 2.21. The fourth-order valence-corrected chi connectivity index (χ4v) is 1.98. The van der Waals surface area contributed by atoms with Gasteiger partial charge >= 0.3 is 0 Å². The molecule has 1 N–H and O–H groups in total. The van der Waals surface area contributed by atoms with Crippen LogP contribution in [0.3, 0.4) is 0 Å². The normalized spacial score (nSPS) is 22.2. The molecule has 1 fully saturated rings. The number of likely N-dealkylation sites (tertiary alicyclic amines) is 1. The summed E-state index contributed by atoms with van der Waals surface area (Å²) in [5.74, 6) is -0.341. The van der Waals surface area contributed by atoms with E-state index in [4.69, 9.17) is 0 Å². The van der Waals surface area contributed by atoms with E-state index in [1.807, 2.05) is 0 Å². The molecule has 0 radical (unpaired) electrons. The number of rotatable bonds is 2. The minimum Gasteiger partial charge on any atom is -0.392 e. The molecular formula is C10H12BrFN2O. The van der Waals surface area contributed by atoms with Crippen LogP contribution in [0.5, 0.6) is 0 Å². The summed E-state index contributed by atoms with van der Waals surface area (Å²) in [4.78, 5) is 5.98. The van der Waals surface area contributed by atoms with Gasteiger partial charge in [-0.2, -0.15) is 0 Å². The lowest BCUT2D eigenvalue weighted by molar-refractivity contribution is 0.174. The third-order valence-electron chi connectivity index (χ3n) is 2.51. The second-order valence-corrected chi connectivity index (χ2v) is 4.54. The van der Waals surface area contributed by atoms with Gasteiger partial charge in [-0.25, -0.2) is 9.37 Å². The quantitative estimate of drug-likeness (QED) is 0.832. The van der Waals surface area contributed by atoms with E-state index in [-0.39, 0.29) is 16.5 Å². The molecular weight excluding hydrogens is 263 g/mol. The molecule has 0 unspecified atom stereocenters. The molecule has 3 nitrogen and oxygen atoms in total. The zero-order valence-corrected chi connectivity index (χ0v) is 9.74. The van der Waals surface area contributed by atoms with Gasteiger partial charge in [-0.05, 0) is 34.0 Å². The Labute approximate surface area is 96.1 Å². The molecule has 1 aliphatic rings. The number of hydrogen-bond acceptors (Lipinski definition) is 3. The van der Waals surface area contributed by atoms with E-state index in [2.05, 4.69) is 25.8 Å². The molecule has 1 aromatic rings. The molecule has 2 rings (SSSR count). The highest BCUT2D eigenvalue weighted by Crippen LogP contribution is 2.16. The van der Waals surface area contributed by atoms with Crippen molar-refractivity contribution in [3.8, 4) is 0 Å². The molecule has 1 saturated heterocycles. The largest absolute Gasteiger partial charge is 0.392 e. The fraction of sp³-hybridized carbons (Fsp3) is 0.500. The molecule has 15 heavy (non-hydrogen) atoms. The molecule has 0 amide bonds. The van der Waals surface area contributed by atoms with Gasteiger partial charge in [0.1, 0.15) is 4.60 Å². The Hall–Kier alpha value is -0.520. The lowest BCUT2D eigenvalue weighted by Gasteiger charge is -2.14. The number of β-amino-alcohol motifs (C(OH)–C–C–N with tert-alkyl or cyclic N) is 1. The number of nitrogens with zero attached hydrogens (tertiary/aromatic N) is 2. The standard InChI is InChI=1S/C10H12BrFN2O/c11-10-9(12)3-7(4-13-10)5-14-2-1-8(15)6-14/h3-4,8,15H,1-2,5-6H2/t8-/m1/s1. The van der Waals surface area contributed by atoms with Gasteiger partial charge < -0.3 is 5.11 Å². The van der Waals surface area contributed by atoms with Crippen molar-refractivity contribution in [3.05, 3.63) is 28.2 Å². The average Bonchev–Trinajstić information content (AvgIpc) is 2.58. The maximum Gasteiger partial charge on any atom is 0.156 e. The summed E-state index contributed by atoms with van der Waals surface area (Å²) in [7, 11) is 0. The second kappa shape index (κ2) is 4.55. The van der Waals surface area contributed by atoms with Crippen LogP contribution in [-0.4, -0.2) is 34.2 Å². The lowest BCUT2D eigenvalue weighted by atomic mass is 10.2. The Kier molecular flexibility index (Phi) is 3.33. The van der Waals surface area contributed by atoms with Crippen LogP contribution in [0.4, 0.5) is 4.39 Å². The summed E-state index contributed by atoms with van der Waals surface area (Å²) >= 11 is 3.01.